The van der Waals surface area contributed by atoms with Gasteiger partial charge in [0, 0.05) is 54.1 Å². The van der Waals surface area contributed by atoms with Gasteiger partial charge in [-0.15, -0.1) is 11.3 Å². The summed E-state index contributed by atoms with van der Waals surface area (Å²) in [4.78, 5) is 2.30. The normalized spacial score (nSPS) is 11.8. The Labute approximate surface area is 275 Å². The van der Waals surface area contributed by atoms with Crippen LogP contribution in [-0.4, -0.2) is 0 Å². The third kappa shape index (κ3) is 4.17. The van der Waals surface area contributed by atoms with Crippen molar-refractivity contribution in [2.24, 2.45) is 0 Å². The number of rotatable bonds is 4. The molecule has 10 aromatic rings. The molecule has 0 aliphatic heterocycles. The molecule has 0 spiro atoms. The first-order chi connectivity index (χ1) is 23.3. The maximum atomic E-state index is 6.60. The zero-order chi connectivity index (χ0) is 30.9. The highest BCUT2D eigenvalue weighted by atomic mass is 32.1. The lowest BCUT2D eigenvalue weighted by Gasteiger charge is -2.25. The van der Waals surface area contributed by atoms with Crippen LogP contribution < -0.4 is 4.90 Å². The molecular weight excluding hydrogens is 591 g/mol. The van der Waals surface area contributed by atoms with Crippen molar-refractivity contribution in [2.75, 3.05) is 4.90 Å². The third-order valence-corrected chi connectivity index (χ3v) is 10.6. The first kappa shape index (κ1) is 26.3. The first-order valence-electron chi connectivity index (χ1n) is 15.9. The van der Waals surface area contributed by atoms with E-state index in [-0.39, 0.29) is 0 Å². The van der Waals surface area contributed by atoms with Gasteiger partial charge in [-0.25, -0.2) is 0 Å². The first-order valence-corrected chi connectivity index (χ1v) is 16.7. The van der Waals surface area contributed by atoms with E-state index in [4.69, 9.17) is 4.42 Å². The molecule has 0 aliphatic carbocycles. The number of nitrogens with zero attached hydrogens (tertiary/aromatic N) is 1. The molecule has 0 N–H and O–H groups in total. The smallest absolute Gasteiger partial charge is 0.137 e. The number of hydrogen-bond acceptors (Lipinski definition) is 3. The maximum absolute atomic E-state index is 6.60. The molecule has 2 heterocycles. The quantitative estimate of drug-likeness (QED) is 0.195. The Morgan fingerprint density at radius 2 is 1.09 bits per heavy atom. The Balaban J connectivity index is 1.11. The molecule has 8 aromatic carbocycles. The van der Waals surface area contributed by atoms with Crippen LogP contribution in [-0.2, 0) is 0 Å². The van der Waals surface area contributed by atoms with E-state index in [0.29, 0.717) is 0 Å². The van der Waals surface area contributed by atoms with Gasteiger partial charge in [-0.1, -0.05) is 97.1 Å². The van der Waals surface area contributed by atoms with Gasteiger partial charge in [-0.2, -0.15) is 0 Å². The molecule has 2 aromatic heterocycles. The Morgan fingerprint density at radius 1 is 0.404 bits per heavy atom. The van der Waals surface area contributed by atoms with Crippen LogP contribution in [0.15, 0.2) is 168 Å². The molecule has 0 fully saturated rings. The molecule has 0 atom stereocenters. The summed E-state index contributed by atoms with van der Waals surface area (Å²) in [6.07, 6.45) is 0. The fourth-order valence-corrected chi connectivity index (χ4v) is 8.46. The number of hydrogen-bond donors (Lipinski definition) is 0. The van der Waals surface area contributed by atoms with E-state index in [1.807, 2.05) is 11.3 Å². The second-order valence-electron chi connectivity index (χ2n) is 12.1. The van der Waals surface area contributed by atoms with E-state index < -0.39 is 0 Å². The summed E-state index contributed by atoms with van der Waals surface area (Å²) < 4.78 is 9.19. The highest BCUT2D eigenvalue weighted by Crippen LogP contribution is 2.46. The van der Waals surface area contributed by atoms with E-state index in [1.54, 1.807) is 0 Å². The molecule has 0 radical (unpaired) electrons. The summed E-state index contributed by atoms with van der Waals surface area (Å²) in [6.45, 7) is 0. The fourth-order valence-electron chi connectivity index (χ4n) is 7.19. The monoisotopic (exact) mass is 617 g/mol. The number of para-hydroxylation sites is 1. The summed E-state index contributed by atoms with van der Waals surface area (Å²) >= 11 is 1.86. The van der Waals surface area contributed by atoms with Gasteiger partial charge in [-0.05, 0) is 93.3 Å². The van der Waals surface area contributed by atoms with E-state index in [2.05, 4.69) is 169 Å². The van der Waals surface area contributed by atoms with Crippen LogP contribution in [0.1, 0.15) is 0 Å². The number of fused-ring (bicyclic) bond motifs is 10. The second-order valence-corrected chi connectivity index (χ2v) is 13.2. The van der Waals surface area contributed by atoms with Crippen LogP contribution in [0, 0.1) is 0 Å². The van der Waals surface area contributed by atoms with Gasteiger partial charge in [-0.3, -0.25) is 0 Å². The lowest BCUT2D eigenvalue weighted by atomic mass is 10.0. The number of benzene rings is 8. The minimum Gasteiger partial charge on any atom is -0.456 e. The molecule has 0 bridgehead atoms. The van der Waals surface area contributed by atoms with Crippen molar-refractivity contribution in [1.82, 2.24) is 0 Å². The highest BCUT2D eigenvalue weighted by Gasteiger charge is 2.19. The topological polar surface area (TPSA) is 16.4 Å². The third-order valence-electron chi connectivity index (χ3n) is 9.43. The van der Waals surface area contributed by atoms with Crippen LogP contribution in [0.3, 0.4) is 0 Å². The Morgan fingerprint density at radius 3 is 1.96 bits per heavy atom. The van der Waals surface area contributed by atoms with Crippen molar-refractivity contribution in [3.63, 3.8) is 0 Å². The molecule has 0 unspecified atom stereocenters. The molecule has 0 amide bonds. The van der Waals surface area contributed by atoms with Crippen molar-refractivity contribution >= 4 is 92.1 Å². The van der Waals surface area contributed by atoms with Crippen LogP contribution in [0.4, 0.5) is 17.1 Å². The summed E-state index contributed by atoms with van der Waals surface area (Å²) in [6, 6.07) is 58.8. The zero-order valence-electron chi connectivity index (χ0n) is 25.4. The minimum atomic E-state index is 0.890. The van der Waals surface area contributed by atoms with Gasteiger partial charge < -0.3 is 9.32 Å². The van der Waals surface area contributed by atoms with Gasteiger partial charge in [0.25, 0.3) is 0 Å². The average molecular weight is 618 g/mol. The zero-order valence-corrected chi connectivity index (χ0v) is 26.2. The summed E-state index contributed by atoms with van der Waals surface area (Å²) in [5, 5.41) is 10.0. The van der Waals surface area contributed by atoms with E-state index >= 15 is 0 Å². The van der Waals surface area contributed by atoms with Gasteiger partial charge in [0.2, 0.25) is 0 Å². The van der Waals surface area contributed by atoms with Crippen molar-refractivity contribution in [3.05, 3.63) is 164 Å². The summed E-state index contributed by atoms with van der Waals surface area (Å²) in [5.74, 6) is 0. The average Bonchev–Trinajstić information content (AvgIpc) is 3.70. The Hall–Kier alpha value is -5.90. The van der Waals surface area contributed by atoms with E-state index in [1.165, 1.54) is 58.2 Å². The predicted molar refractivity (Wildman–Crippen MR) is 202 cm³/mol. The van der Waals surface area contributed by atoms with Crippen LogP contribution >= 0.6 is 11.3 Å². The maximum Gasteiger partial charge on any atom is 0.137 e. The SMILES string of the molecule is c1ccc(N(c2ccc(-c3ccc4ccccc4c3)cc2)c2ccc3c(c2)oc2ccc4c(sc5ccc6ccccc6c54)c23)cc1. The molecule has 0 aliphatic rings. The van der Waals surface area contributed by atoms with Gasteiger partial charge in [0.1, 0.15) is 11.2 Å². The second kappa shape index (κ2) is 10.3. The standard InChI is InChI=1S/C44H27NOS/c1-2-11-33(12-3-1)45(34-19-16-29(17-20-34)32-15-14-28-8-4-5-10-31(28)26-32)35-21-22-37-40(27-35)46-39-24-23-38-42-36-13-7-6-9-30(36)18-25-41(42)47-44(38)43(37)39/h1-27H. The van der Waals surface area contributed by atoms with Gasteiger partial charge in [0.15, 0.2) is 0 Å². The lowest BCUT2D eigenvalue weighted by molar-refractivity contribution is 0.669. The number of furan rings is 1. The minimum absolute atomic E-state index is 0.890. The molecule has 3 heteroatoms. The predicted octanol–water partition coefficient (Wildman–Crippen LogP) is 13.4. The fraction of sp³-hybridized carbons (Fsp3) is 0. The largest absolute Gasteiger partial charge is 0.456 e. The summed E-state index contributed by atoms with van der Waals surface area (Å²) in [7, 11) is 0. The van der Waals surface area contributed by atoms with Crippen molar-refractivity contribution in [1.29, 1.82) is 0 Å². The molecule has 220 valence electrons. The van der Waals surface area contributed by atoms with E-state index in [9.17, 15) is 0 Å². The molecule has 0 saturated carbocycles. The van der Waals surface area contributed by atoms with Crippen LogP contribution in [0.25, 0.3) is 74.8 Å². The summed E-state index contributed by atoms with van der Waals surface area (Å²) in [5.41, 5.74) is 7.47. The molecule has 10 rings (SSSR count). The molecular formula is C44H27NOS. The van der Waals surface area contributed by atoms with Crippen molar-refractivity contribution in [2.45, 2.75) is 0 Å². The molecule has 0 saturated heterocycles. The number of anilines is 3. The lowest BCUT2D eigenvalue weighted by Crippen LogP contribution is -2.09. The van der Waals surface area contributed by atoms with Gasteiger partial charge >= 0.3 is 0 Å². The molecule has 47 heavy (non-hydrogen) atoms. The molecule has 2 nitrogen and oxygen atoms in total. The van der Waals surface area contributed by atoms with Crippen LogP contribution in [0.5, 0.6) is 0 Å². The Kier molecular flexibility index (Phi) is 5.78. The van der Waals surface area contributed by atoms with Gasteiger partial charge in [0.05, 0.1) is 0 Å². The Bertz CT molecular complexity index is 2790. The van der Waals surface area contributed by atoms with Crippen molar-refractivity contribution < 1.29 is 4.42 Å². The van der Waals surface area contributed by atoms with Crippen molar-refractivity contribution in [3.8, 4) is 11.1 Å². The van der Waals surface area contributed by atoms with E-state index in [0.717, 1.165) is 33.6 Å². The highest BCUT2D eigenvalue weighted by molar-refractivity contribution is 7.27. The number of thiophene rings is 1. The van der Waals surface area contributed by atoms with Crippen LogP contribution in [0.2, 0.25) is 0 Å².